The van der Waals surface area contributed by atoms with Crippen molar-refractivity contribution in [2.45, 2.75) is 39.2 Å². The lowest BCUT2D eigenvalue weighted by Crippen LogP contribution is -2.41. The molecule has 1 fully saturated rings. The molecular formula is C17H25NO3. The summed E-state index contributed by atoms with van der Waals surface area (Å²) in [7, 11) is 0. The summed E-state index contributed by atoms with van der Waals surface area (Å²) in [6, 6.07) is 7.89. The highest BCUT2D eigenvalue weighted by atomic mass is 16.5. The van der Waals surface area contributed by atoms with E-state index in [0.29, 0.717) is 25.6 Å². The van der Waals surface area contributed by atoms with Gasteiger partial charge in [-0.1, -0.05) is 12.1 Å². The number of benzene rings is 1. The second-order valence-corrected chi connectivity index (χ2v) is 6.06. The van der Waals surface area contributed by atoms with Crippen molar-refractivity contribution in [3.05, 3.63) is 29.8 Å². The van der Waals surface area contributed by atoms with Crippen molar-refractivity contribution < 1.29 is 14.3 Å². The van der Waals surface area contributed by atoms with Gasteiger partial charge in [-0.25, -0.2) is 0 Å². The smallest absolute Gasteiger partial charge is 0.221 e. The number of carbonyl (C=O) groups excluding carboxylic acids is 1. The molecule has 0 bridgehead atoms. The van der Waals surface area contributed by atoms with Crippen LogP contribution in [0.2, 0.25) is 0 Å². The first-order valence-corrected chi connectivity index (χ1v) is 7.63. The summed E-state index contributed by atoms with van der Waals surface area (Å²) in [5.41, 5.74) is 0.684. The fraction of sp³-hybridized carbons (Fsp3) is 0.588. The molecule has 1 aliphatic rings. The second kappa shape index (κ2) is 6.94. The molecule has 1 aromatic carbocycles. The molecule has 0 radical (unpaired) electrons. The van der Waals surface area contributed by atoms with E-state index in [2.05, 4.69) is 5.32 Å². The number of amides is 1. The molecule has 1 saturated heterocycles. The van der Waals surface area contributed by atoms with Crippen LogP contribution >= 0.6 is 0 Å². The molecule has 2 rings (SSSR count). The molecule has 0 spiro atoms. The molecule has 0 unspecified atom stereocenters. The maximum absolute atomic E-state index is 12.2. The number of hydrogen-bond donors (Lipinski definition) is 1. The lowest BCUT2D eigenvalue weighted by atomic mass is 9.93. The molecule has 0 aliphatic carbocycles. The Morgan fingerprint density at radius 3 is 2.67 bits per heavy atom. The Hall–Kier alpha value is -1.55. The first-order valence-electron chi connectivity index (χ1n) is 7.63. The predicted molar refractivity (Wildman–Crippen MR) is 82.3 cm³/mol. The van der Waals surface area contributed by atoms with Gasteiger partial charge < -0.3 is 14.8 Å². The summed E-state index contributed by atoms with van der Waals surface area (Å²) in [6.45, 7) is 8.14. The number of ether oxygens (including phenoxy) is 2. The van der Waals surface area contributed by atoms with Gasteiger partial charge in [0.25, 0.3) is 0 Å². The van der Waals surface area contributed by atoms with E-state index >= 15 is 0 Å². The first kappa shape index (κ1) is 15.8. The molecule has 1 heterocycles. The Morgan fingerprint density at radius 2 is 2.10 bits per heavy atom. The average Bonchev–Trinajstić information content (AvgIpc) is 2.92. The van der Waals surface area contributed by atoms with Crippen LogP contribution in [0.25, 0.3) is 0 Å². The van der Waals surface area contributed by atoms with Gasteiger partial charge in [-0.15, -0.1) is 0 Å². The Balaban J connectivity index is 1.94. The molecule has 1 atom stereocenters. The van der Waals surface area contributed by atoms with Gasteiger partial charge in [0, 0.05) is 19.6 Å². The van der Waals surface area contributed by atoms with Crippen molar-refractivity contribution in [2.24, 2.45) is 5.92 Å². The number of nitrogens with one attached hydrogen (secondary N) is 1. The zero-order valence-corrected chi connectivity index (χ0v) is 13.1. The molecule has 1 amide bonds. The quantitative estimate of drug-likeness (QED) is 0.876. The zero-order valence-electron chi connectivity index (χ0n) is 13.1. The highest BCUT2D eigenvalue weighted by Crippen LogP contribution is 2.24. The zero-order chi connectivity index (χ0) is 15.3. The van der Waals surface area contributed by atoms with Crippen LogP contribution in [0.5, 0.6) is 5.75 Å². The molecule has 0 saturated carbocycles. The monoisotopic (exact) mass is 291 g/mol. The third-order valence-corrected chi connectivity index (χ3v) is 3.84. The van der Waals surface area contributed by atoms with Gasteiger partial charge in [0.05, 0.1) is 12.1 Å². The maximum atomic E-state index is 12.2. The van der Waals surface area contributed by atoms with Crippen LogP contribution in [0.3, 0.4) is 0 Å². The lowest BCUT2D eigenvalue weighted by Gasteiger charge is -2.27. The van der Waals surface area contributed by atoms with E-state index < -0.39 is 0 Å². The van der Waals surface area contributed by atoms with Gasteiger partial charge in [0.2, 0.25) is 5.91 Å². The minimum absolute atomic E-state index is 0.0874. The van der Waals surface area contributed by atoms with Gasteiger partial charge >= 0.3 is 0 Å². The van der Waals surface area contributed by atoms with Crippen molar-refractivity contribution in [1.82, 2.24) is 5.32 Å². The molecule has 116 valence electrons. The fourth-order valence-corrected chi connectivity index (χ4v) is 2.61. The topological polar surface area (TPSA) is 47.6 Å². The Kier molecular flexibility index (Phi) is 5.23. The average molecular weight is 291 g/mol. The molecule has 21 heavy (non-hydrogen) atoms. The highest BCUT2D eigenvalue weighted by Gasteiger charge is 2.25. The second-order valence-electron chi connectivity index (χ2n) is 6.06. The highest BCUT2D eigenvalue weighted by molar-refractivity contribution is 5.77. The summed E-state index contributed by atoms with van der Waals surface area (Å²) in [4.78, 5) is 12.2. The predicted octanol–water partition coefficient (Wildman–Crippen LogP) is 2.86. The van der Waals surface area contributed by atoms with E-state index in [1.165, 1.54) is 0 Å². The van der Waals surface area contributed by atoms with Gasteiger partial charge in [0.15, 0.2) is 0 Å². The Labute approximate surface area is 126 Å². The summed E-state index contributed by atoms with van der Waals surface area (Å²) in [6.07, 6.45) is 1.53. The first-order chi connectivity index (χ1) is 10.0. The molecule has 1 aliphatic heterocycles. The number of hydrogen-bond acceptors (Lipinski definition) is 3. The minimum atomic E-state index is -0.388. The summed E-state index contributed by atoms with van der Waals surface area (Å²) in [5.74, 6) is 1.30. The minimum Gasteiger partial charge on any atom is -0.494 e. The van der Waals surface area contributed by atoms with Crippen molar-refractivity contribution in [3.63, 3.8) is 0 Å². The van der Waals surface area contributed by atoms with Crippen LogP contribution in [-0.2, 0) is 15.1 Å². The third kappa shape index (κ3) is 4.46. The van der Waals surface area contributed by atoms with Crippen LogP contribution in [0.1, 0.15) is 39.2 Å². The van der Waals surface area contributed by atoms with E-state index in [-0.39, 0.29) is 11.4 Å². The van der Waals surface area contributed by atoms with Crippen molar-refractivity contribution in [2.75, 3.05) is 19.8 Å². The summed E-state index contributed by atoms with van der Waals surface area (Å²) < 4.78 is 10.8. The summed E-state index contributed by atoms with van der Waals surface area (Å²) in [5, 5.41) is 3.12. The van der Waals surface area contributed by atoms with Gasteiger partial charge in [-0.3, -0.25) is 4.79 Å². The van der Waals surface area contributed by atoms with E-state index in [1.807, 2.05) is 45.0 Å². The largest absolute Gasteiger partial charge is 0.494 e. The van der Waals surface area contributed by atoms with Crippen molar-refractivity contribution in [1.29, 1.82) is 0 Å². The number of carbonyl (C=O) groups is 1. The Morgan fingerprint density at radius 1 is 1.38 bits per heavy atom. The molecule has 0 aromatic heterocycles. The molecule has 4 nitrogen and oxygen atoms in total. The van der Waals surface area contributed by atoms with Crippen LogP contribution in [0.4, 0.5) is 0 Å². The molecule has 1 N–H and O–H groups in total. The van der Waals surface area contributed by atoms with E-state index in [4.69, 9.17) is 9.47 Å². The fourth-order valence-electron chi connectivity index (χ4n) is 2.61. The van der Waals surface area contributed by atoms with E-state index in [9.17, 15) is 4.79 Å². The molecular weight excluding hydrogens is 266 g/mol. The van der Waals surface area contributed by atoms with Gasteiger partial charge in [0.1, 0.15) is 5.75 Å². The number of rotatable bonds is 6. The molecule has 4 heteroatoms. The van der Waals surface area contributed by atoms with Gasteiger partial charge in [-0.05, 0) is 50.8 Å². The van der Waals surface area contributed by atoms with Crippen molar-refractivity contribution >= 4 is 5.91 Å². The maximum Gasteiger partial charge on any atom is 0.221 e. The van der Waals surface area contributed by atoms with E-state index in [1.54, 1.807) is 0 Å². The van der Waals surface area contributed by atoms with Crippen LogP contribution in [-0.4, -0.2) is 25.7 Å². The van der Waals surface area contributed by atoms with Crippen molar-refractivity contribution in [3.8, 4) is 5.75 Å². The Bertz CT molecular complexity index is 461. The van der Waals surface area contributed by atoms with Crippen LogP contribution in [0.15, 0.2) is 24.3 Å². The third-order valence-electron chi connectivity index (χ3n) is 3.84. The van der Waals surface area contributed by atoms with Crippen LogP contribution < -0.4 is 10.1 Å². The van der Waals surface area contributed by atoms with Gasteiger partial charge in [-0.2, -0.15) is 0 Å². The normalized spacial score (nSPS) is 18.5. The van der Waals surface area contributed by atoms with E-state index in [0.717, 1.165) is 24.3 Å². The lowest BCUT2D eigenvalue weighted by molar-refractivity contribution is -0.123. The van der Waals surface area contributed by atoms with Crippen LogP contribution in [0, 0.1) is 5.92 Å². The molecule has 1 aromatic rings. The summed E-state index contributed by atoms with van der Waals surface area (Å²) >= 11 is 0. The SMILES string of the molecule is CCOc1ccc(C(C)(C)NC(=O)C[C@@H]2CCOC2)cc1. The standard InChI is InChI=1S/C17H25NO3/c1-4-21-15-7-5-14(6-8-15)17(2,3)18-16(19)11-13-9-10-20-12-13/h5-8,13H,4,9-12H2,1-3H3,(H,18,19)/t13-/m0/s1.